The first-order chi connectivity index (χ1) is 18.9. The van der Waals surface area contributed by atoms with E-state index in [1.54, 1.807) is 0 Å². The number of carbonyl (C=O) groups excluding carboxylic acids is 2. The lowest BCUT2D eigenvalue weighted by molar-refractivity contribution is -0.273. The van der Waals surface area contributed by atoms with Gasteiger partial charge in [-0.15, -0.1) is 0 Å². The van der Waals surface area contributed by atoms with Gasteiger partial charge >= 0.3 is 0 Å². The number of nitrogens with zero attached hydrogens (tertiary/aromatic N) is 1. The van der Waals surface area contributed by atoms with Gasteiger partial charge in [0.05, 0.1) is 19.4 Å². The summed E-state index contributed by atoms with van der Waals surface area (Å²) >= 11 is 0. The minimum atomic E-state index is -0.327. The van der Waals surface area contributed by atoms with Crippen LogP contribution in [-0.2, 0) is 19.1 Å². The van der Waals surface area contributed by atoms with E-state index in [9.17, 15) is 9.59 Å². The molecule has 1 spiro atoms. The molecule has 226 valence electrons. The van der Waals surface area contributed by atoms with Crippen LogP contribution < -0.4 is 10.6 Å². The summed E-state index contributed by atoms with van der Waals surface area (Å²) in [6.45, 7) is 11.3. The lowest BCUT2D eigenvalue weighted by Crippen LogP contribution is -2.56. The van der Waals surface area contributed by atoms with E-state index >= 15 is 0 Å². The van der Waals surface area contributed by atoms with Crippen molar-refractivity contribution in [2.45, 2.75) is 116 Å². The molecule has 1 unspecified atom stereocenters. The van der Waals surface area contributed by atoms with E-state index in [2.05, 4.69) is 38.3 Å². The van der Waals surface area contributed by atoms with Gasteiger partial charge in [-0.05, 0) is 118 Å². The largest absolute Gasteiger partial charge is 0.353 e. The van der Waals surface area contributed by atoms with Crippen LogP contribution in [0.2, 0.25) is 0 Å². The third kappa shape index (κ3) is 4.74. The predicted octanol–water partition coefficient (Wildman–Crippen LogP) is 4.94. The zero-order chi connectivity index (χ0) is 28.4. The normalized spacial score (nSPS) is 49.6. The van der Waals surface area contributed by atoms with Crippen molar-refractivity contribution in [1.82, 2.24) is 15.5 Å². The Bertz CT molecular complexity index is 979. The van der Waals surface area contributed by atoms with Crippen LogP contribution in [0, 0.1) is 52.3 Å². The SMILES string of the molecule is C[C@@H]1CC[C@@]2(OC1)O[C@H]1C[C@H]3[C@@H]4CC[C@H]5CC(NC(=O)CC(=O)NCN(C)C)CC[C@]5(C)[C@H]4CC[C@]3(C)[C@H]1[C@@H]2C. The quantitative estimate of drug-likeness (QED) is 0.370. The van der Waals surface area contributed by atoms with E-state index in [-0.39, 0.29) is 30.1 Å². The van der Waals surface area contributed by atoms with Crippen LogP contribution >= 0.6 is 0 Å². The number of rotatable bonds is 5. The topological polar surface area (TPSA) is 79.9 Å². The third-order valence-electron chi connectivity index (χ3n) is 13.2. The molecule has 4 saturated carbocycles. The summed E-state index contributed by atoms with van der Waals surface area (Å²) in [7, 11) is 3.80. The molecule has 2 heterocycles. The number of nitrogens with one attached hydrogen (secondary N) is 2. The highest BCUT2D eigenvalue weighted by Gasteiger charge is 2.69. The molecule has 40 heavy (non-hydrogen) atoms. The van der Waals surface area contributed by atoms with Gasteiger partial charge in [-0.3, -0.25) is 14.5 Å². The minimum absolute atomic E-state index is 0.0780. The number of amides is 2. The van der Waals surface area contributed by atoms with Gasteiger partial charge in [-0.1, -0.05) is 27.7 Å². The third-order valence-corrected chi connectivity index (χ3v) is 13.2. The monoisotopic (exact) mass is 557 g/mol. The molecule has 2 saturated heterocycles. The van der Waals surface area contributed by atoms with Gasteiger partial charge in [0, 0.05) is 18.4 Å². The summed E-state index contributed by atoms with van der Waals surface area (Å²) in [6, 6.07) is 0.201. The Kier molecular flexibility index (Phi) is 7.60. The maximum absolute atomic E-state index is 12.6. The molecular formula is C33H55N3O4. The van der Waals surface area contributed by atoms with Crippen LogP contribution in [0.5, 0.6) is 0 Å². The fraction of sp³-hybridized carbons (Fsp3) is 0.939. The van der Waals surface area contributed by atoms with Crippen molar-refractivity contribution in [3.8, 4) is 0 Å². The molecule has 2 aliphatic heterocycles. The molecule has 7 nitrogen and oxygen atoms in total. The van der Waals surface area contributed by atoms with Crippen LogP contribution in [0.25, 0.3) is 0 Å². The summed E-state index contributed by atoms with van der Waals surface area (Å²) < 4.78 is 13.5. The van der Waals surface area contributed by atoms with Crippen LogP contribution in [0.15, 0.2) is 0 Å². The van der Waals surface area contributed by atoms with Gasteiger partial charge in [0.1, 0.15) is 6.42 Å². The molecule has 6 fully saturated rings. The van der Waals surface area contributed by atoms with Crippen molar-refractivity contribution in [3.05, 3.63) is 0 Å². The molecule has 0 aromatic heterocycles. The summed E-state index contributed by atoms with van der Waals surface area (Å²) in [4.78, 5) is 26.7. The Morgan fingerprint density at radius 2 is 1.68 bits per heavy atom. The average molecular weight is 558 g/mol. The van der Waals surface area contributed by atoms with Crippen molar-refractivity contribution in [2.75, 3.05) is 27.4 Å². The van der Waals surface area contributed by atoms with Crippen molar-refractivity contribution in [3.63, 3.8) is 0 Å². The number of carbonyl (C=O) groups is 2. The fourth-order valence-corrected chi connectivity index (χ4v) is 11.1. The standard InChI is InChI=1S/C33H55N3O4/c1-20-9-14-33(39-18-20)21(2)30-27(40-33)16-26-24-8-7-22-15-23(35-29(38)17-28(37)34-19-36(5)6)10-12-31(22,3)25(24)11-13-32(26,30)4/h20-27,30H,7-19H2,1-6H3,(H,34,37)(H,35,38)/t20-,21+,22+,23?,24-,25+,26+,27+,30+,31+,32+,33-/m1/s1. The fourth-order valence-electron chi connectivity index (χ4n) is 11.1. The van der Waals surface area contributed by atoms with E-state index in [0.29, 0.717) is 47.3 Å². The van der Waals surface area contributed by atoms with Gasteiger partial charge < -0.3 is 20.1 Å². The smallest absolute Gasteiger partial charge is 0.230 e. The van der Waals surface area contributed by atoms with Gasteiger partial charge in [-0.25, -0.2) is 0 Å². The predicted molar refractivity (Wildman–Crippen MR) is 155 cm³/mol. The van der Waals surface area contributed by atoms with Crippen LogP contribution in [-0.4, -0.2) is 62.0 Å². The molecular weight excluding hydrogens is 502 g/mol. The number of hydrogen-bond donors (Lipinski definition) is 2. The highest BCUT2D eigenvalue weighted by atomic mass is 16.7. The van der Waals surface area contributed by atoms with Gasteiger partial charge in [0.15, 0.2) is 5.79 Å². The Morgan fingerprint density at radius 3 is 2.40 bits per heavy atom. The Balaban J connectivity index is 1.08. The Morgan fingerprint density at radius 1 is 0.900 bits per heavy atom. The van der Waals surface area contributed by atoms with Crippen molar-refractivity contribution < 1.29 is 19.1 Å². The molecule has 2 N–H and O–H groups in total. The molecule has 12 atom stereocenters. The zero-order valence-corrected chi connectivity index (χ0v) is 26.0. The van der Waals surface area contributed by atoms with Crippen molar-refractivity contribution in [1.29, 1.82) is 0 Å². The number of hydrogen-bond acceptors (Lipinski definition) is 5. The van der Waals surface area contributed by atoms with E-state index in [1.807, 2.05) is 19.0 Å². The number of ether oxygens (including phenoxy) is 2. The molecule has 0 aromatic carbocycles. The molecule has 0 bridgehead atoms. The van der Waals surface area contributed by atoms with E-state index in [4.69, 9.17) is 9.47 Å². The first-order valence-electron chi connectivity index (χ1n) is 16.5. The Hall–Kier alpha value is -1.18. The van der Waals surface area contributed by atoms with E-state index in [1.165, 1.54) is 44.9 Å². The first kappa shape index (κ1) is 28.9. The lowest BCUT2D eigenvalue weighted by atomic mass is 9.44. The van der Waals surface area contributed by atoms with Crippen LogP contribution in [0.4, 0.5) is 0 Å². The molecule has 6 rings (SSSR count). The molecule has 0 radical (unpaired) electrons. The maximum atomic E-state index is 12.6. The number of fused-ring (bicyclic) bond motifs is 7. The summed E-state index contributed by atoms with van der Waals surface area (Å²) in [5.41, 5.74) is 0.727. The minimum Gasteiger partial charge on any atom is -0.353 e. The second-order valence-electron chi connectivity index (χ2n) is 15.7. The molecule has 0 aromatic rings. The Labute approximate surface area is 242 Å². The molecule has 4 aliphatic carbocycles. The van der Waals surface area contributed by atoms with Gasteiger partial charge in [0.2, 0.25) is 11.8 Å². The van der Waals surface area contributed by atoms with Crippen LogP contribution in [0.1, 0.15) is 98.3 Å². The van der Waals surface area contributed by atoms with Gasteiger partial charge in [0.25, 0.3) is 0 Å². The second kappa shape index (κ2) is 10.5. The highest BCUT2D eigenvalue weighted by Crippen LogP contribution is 2.71. The summed E-state index contributed by atoms with van der Waals surface area (Å²) in [5.74, 6) is 4.10. The average Bonchev–Trinajstić information content (AvgIpc) is 3.34. The molecule has 6 aliphatic rings. The first-order valence-corrected chi connectivity index (χ1v) is 16.5. The van der Waals surface area contributed by atoms with Crippen LogP contribution in [0.3, 0.4) is 0 Å². The molecule has 7 heteroatoms. The maximum Gasteiger partial charge on any atom is 0.230 e. The van der Waals surface area contributed by atoms with E-state index < -0.39 is 0 Å². The van der Waals surface area contributed by atoms with E-state index in [0.717, 1.165) is 43.6 Å². The second-order valence-corrected chi connectivity index (χ2v) is 15.7. The van der Waals surface area contributed by atoms with Crippen molar-refractivity contribution in [2.24, 2.45) is 52.3 Å². The lowest BCUT2D eigenvalue weighted by Gasteiger charge is -2.61. The van der Waals surface area contributed by atoms with Crippen molar-refractivity contribution >= 4 is 11.8 Å². The van der Waals surface area contributed by atoms with Gasteiger partial charge in [-0.2, -0.15) is 0 Å². The summed E-state index contributed by atoms with van der Waals surface area (Å²) in [6.07, 6.45) is 12.4. The summed E-state index contributed by atoms with van der Waals surface area (Å²) in [5, 5.41) is 6.02. The molecule has 2 amide bonds. The zero-order valence-electron chi connectivity index (χ0n) is 26.0. The highest BCUT2D eigenvalue weighted by molar-refractivity contribution is 5.96.